The number of unbranched alkanes of at least 4 members (excludes halogenated alkanes) is 5. The summed E-state index contributed by atoms with van der Waals surface area (Å²) in [6.07, 6.45) is 9.45. The molecular formula is C24H37N3O4. The number of alkyl carbamates (subject to hydrolysis) is 1. The second-order valence-electron chi connectivity index (χ2n) is 8.01. The van der Waals surface area contributed by atoms with Gasteiger partial charge in [-0.25, -0.2) is 4.79 Å². The molecule has 0 spiro atoms. The highest BCUT2D eigenvalue weighted by Gasteiger charge is 2.24. The van der Waals surface area contributed by atoms with Gasteiger partial charge in [0.05, 0.1) is 0 Å². The maximum absolute atomic E-state index is 12.6. The fraction of sp³-hybridized carbons (Fsp3) is 0.583. The van der Waals surface area contributed by atoms with E-state index in [2.05, 4.69) is 22.5 Å². The lowest BCUT2D eigenvalue weighted by molar-refractivity contribution is -0.124. The summed E-state index contributed by atoms with van der Waals surface area (Å²) in [5, 5.41) is 6.43. The zero-order valence-corrected chi connectivity index (χ0v) is 19.0. The number of H-pyrrole nitrogens is 1. The van der Waals surface area contributed by atoms with E-state index in [-0.39, 0.29) is 18.7 Å². The summed E-state index contributed by atoms with van der Waals surface area (Å²) >= 11 is 0. The second-order valence-corrected chi connectivity index (χ2v) is 8.01. The van der Waals surface area contributed by atoms with Gasteiger partial charge < -0.3 is 25.1 Å². The number of para-hydroxylation sites is 1. The predicted molar refractivity (Wildman–Crippen MR) is 123 cm³/mol. The molecule has 7 nitrogen and oxygen atoms in total. The lowest BCUT2D eigenvalue weighted by Crippen LogP contribution is -2.49. The zero-order chi connectivity index (χ0) is 22.5. The van der Waals surface area contributed by atoms with Gasteiger partial charge in [0, 0.05) is 30.6 Å². The summed E-state index contributed by atoms with van der Waals surface area (Å²) in [6, 6.07) is 7.11. The van der Waals surface area contributed by atoms with Gasteiger partial charge in [-0.05, 0) is 31.4 Å². The highest BCUT2D eigenvalue weighted by molar-refractivity contribution is 5.88. The Balaban J connectivity index is 1.89. The number of amides is 2. The Morgan fingerprint density at radius 2 is 1.84 bits per heavy atom. The van der Waals surface area contributed by atoms with Crippen molar-refractivity contribution in [3.63, 3.8) is 0 Å². The summed E-state index contributed by atoms with van der Waals surface area (Å²) in [5.41, 5.74) is 1.94. The van der Waals surface area contributed by atoms with E-state index in [0.29, 0.717) is 6.42 Å². The average Bonchev–Trinajstić information content (AvgIpc) is 3.17. The van der Waals surface area contributed by atoms with Gasteiger partial charge in [-0.3, -0.25) is 4.79 Å². The molecule has 2 atom stereocenters. The van der Waals surface area contributed by atoms with Gasteiger partial charge in [-0.2, -0.15) is 0 Å². The maximum atomic E-state index is 12.6. The third kappa shape index (κ3) is 8.61. The smallest absolute Gasteiger partial charge is 0.408 e. The molecule has 172 valence electrons. The quantitative estimate of drug-likeness (QED) is 0.299. The first kappa shape index (κ1) is 24.7. The maximum Gasteiger partial charge on any atom is 0.408 e. The van der Waals surface area contributed by atoms with Crippen molar-refractivity contribution in [2.75, 3.05) is 13.8 Å². The highest BCUT2D eigenvalue weighted by Crippen LogP contribution is 2.19. The number of rotatable bonds is 14. The second kappa shape index (κ2) is 13.7. The van der Waals surface area contributed by atoms with Crippen LogP contribution in [0.3, 0.4) is 0 Å². The van der Waals surface area contributed by atoms with Crippen LogP contribution in [0.25, 0.3) is 10.9 Å². The van der Waals surface area contributed by atoms with Crippen molar-refractivity contribution >= 4 is 22.9 Å². The van der Waals surface area contributed by atoms with E-state index in [9.17, 15) is 9.59 Å². The Hall–Kier alpha value is -2.54. The first-order valence-electron chi connectivity index (χ1n) is 11.3. The number of aromatic nitrogens is 1. The minimum atomic E-state index is -0.761. The Labute approximate surface area is 185 Å². The van der Waals surface area contributed by atoms with E-state index in [1.165, 1.54) is 32.8 Å². The van der Waals surface area contributed by atoms with Gasteiger partial charge in [-0.1, -0.05) is 57.2 Å². The van der Waals surface area contributed by atoms with Gasteiger partial charge in [0.1, 0.15) is 18.9 Å². The van der Waals surface area contributed by atoms with Gasteiger partial charge in [-0.15, -0.1) is 0 Å². The zero-order valence-electron chi connectivity index (χ0n) is 19.0. The molecule has 0 saturated heterocycles. The van der Waals surface area contributed by atoms with Crippen molar-refractivity contribution < 1.29 is 19.1 Å². The van der Waals surface area contributed by atoms with Crippen molar-refractivity contribution in [2.45, 2.75) is 77.4 Å². The third-order valence-corrected chi connectivity index (χ3v) is 5.37. The fourth-order valence-electron chi connectivity index (χ4n) is 3.63. The van der Waals surface area contributed by atoms with Crippen LogP contribution in [0.4, 0.5) is 4.79 Å². The molecule has 0 bridgehead atoms. The van der Waals surface area contributed by atoms with E-state index < -0.39 is 12.1 Å². The van der Waals surface area contributed by atoms with E-state index in [1.54, 1.807) is 0 Å². The summed E-state index contributed by atoms with van der Waals surface area (Å²) < 4.78 is 10.4. The number of carbonyl (C=O) groups is 2. The van der Waals surface area contributed by atoms with Crippen LogP contribution in [0.2, 0.25) is 0 Å². The topological polar surface area (TPSA) is 92.5 Å². The number of methoxy groups -OCH3 is 1. The van der Waals surface area contributed by atoms with Gasteiger partial charge in [0.25, 0.3) is 0 Å². The van der Waals surface area contributed by atoms with E-state index in [1.807, 2.05) is 37.4 Å². The van der Waals surface area contributed by atoms with Crippen LogP contribution in [0.15, 0.2) is 30.5 Å². The largest absolute Gasteiger partial charge is 0.447 e. The lowest BCUT2D eigenvalue weighted by atomic mass is 10.0. The Morgan fingerprint density at radius 3 is 2.61 bits per heavy atom. The standard InChI is InChI=1S/C24H37N3O4/c1-4-5-6-7-8-9-12-18(2)31-24(29)27-22(23(28)26-17-30-3)15-19-16-25-21-14-11-10-13-20(19)21/h10-11,13-14,16,18,22,25H,4-9,12,15,17H2,1-3H3,(H,26,28)(H,27,29)/t18?,22-/m1/s1. The van der Waals surface area contributed by atoms with Crippen LogP contribution in [0.1, 0.15) is 64.4 Å². The van der Waals surface area contributed by atoms with Crippen LogP contribution in [0.5, 0.6) is 0 Å². The van der Waals surface area contributed by atoms with E-state index in [0.717, 1.165) is 35.7 Å². The van der Waals surface area contributed by atoms with Crippen molar-refractivity contribution in [1.82, 2.24) is 15.6 Å². The fourth-order valence-corrected chi connectivity index (χ4v) is 3.63. The van der Waals surface area contributed by atoms with Crippen LogP contribution in [0, 0.1) is 0 Å². The van der Waals surface area contributed by atoms with Crippen molar-refractivity contribution in [1.29, 1.82) is 0 Å². The third-order valence-electron chi connectivity index (χ3n) is 5.37. The van der Waals surface area contributed by atoms with E-state index >= 15 is 0 Å². The molecular weight excluding hydrogens is 394 g/mol. The molecule has 1 aromatic carbocycles. The Bertz CT molecular complexity index is 805. The average molecular weight is 432 g/mol. The normalized spacial score (nSPS) is 13.0. The van der Waals surface area contributed by atoms with Gasteiger partial charge in [0.15, 0.2) is 0 Å². The molecule has 0 saturated carbocycles. The monoisotopic (exact) mass is 431 g/mol. The summed E-state index contributed by atoms with van der Waals surface area (Å²) in [6.45, 7) is 4.18. The van der Waals surface area contributed by atoms with Crippen LogP contribution >= 0.6 is 0 Å². The molecule has 0 fully saturated rings. The highest BCUT2D eigenvalue weighted by atomic mass is 16.6. The molecule has 0 aliphatic heterocycles. The molecule has 31 heavy (non-hydrogen) atoms. The van der Waals surface area contributed by atoms with Crippen LogP contribution in [-0.2, 0) is 20.7 Å². The summed E-state index contributed by atoms with van der Waals surface area (Å²) in [4.78, 5) is 28.3. The molecule has 1 unspecified atom stereocenters. The lowest BCUT2D eigenvalue weighted by Gasteiger charge is -2.20. The number of benzene rings is 1. The molecule has 2 aromatic rings. The number of hydrogen-bond donors (Lipinski definition) is 3. The number of hydrogen-bond acceptors (Lipinski definition) is 4. The Morgan fingerprint density at radius 1 is 1.10 bits per heavy atom. The summed E-state index contributed by atoms with van der Waals surface area (Å²) in [5.74, 6) is -0.312. The number of nitrogens with one attached hydrogen (secondary N) is 3. The summed E-state index contributed by atoms with van der Waals surface area (Å²) in [7, 11) is 1.50. The minimum Gasteiger partial charge on any atom is -0.447 e. The van der Waals surface area contributed by atoms with Crippen molar-refractivity contribution in [3.05, 3.63) is 36.0 Å². The molecule has 1 heterocycles. The van der Waals surface area contributed by atoms with Crippen molar-refractivity contribution in [2.24, 2.45) is 0 Å². The number of aromatic amines is 1. The first-order chi connectivity index (χ1) is 15.0. The molecule has 0 aliphatic rings. The number of carbonyl (C=O) groups excluding carboxylic acids is 2. The van der Waals surface area contributed by atoms with Gasteiger partial charge in [0.2, 0.25) is 5.91 Å². The number of ether oxygens (including phenoxy) is 2. The van der Waals surface area contributed by atoms with Crippen LogP contribution < -0.4 is 10.6 Å². The van der Waals surface area contributed by atoms with Gasteiger partial charge >= 0.3 is 6.09 Å². The molecule has 7 heteroatoms. The predicted octanol–water partition coefficient (Wildman–Crippen LogP) is 4.66. The Kier molecular flexibility index (Phi) is 10.9. The molecule has 0 radical (unpaired) electrons. The first-order valence-corrected chi connectivity index (χ1v) is 11.3. The SMILES string of the molecule is CCCCCCCCC(C)OC(=O)N[C@H](Cc1c[nH]c2ccccc12)C(=O)NCOC. The van der Waals surface area contributed by atoms with E-state index in [4.69, 9.17) is 9.47 Å². The molecule has 2 rings (SSSR count). The molecule has 2 amide bonds. The molecule has 3 N–H and O–H groups in total. The molecule has 1 aromatic heterocycles. The number of fused-ring (bicyclic) bond motifs is 1. The minimum absolute atomic E-state index is 0.0778. The molecule has 0 aliphatic carbocycles. The van der Waals surface area contributed by atoms with Crippen molar-refractivity contribution in [3.8, 4) is 0 Å². The van der Waals surface area contributed by atoms with Crippen LogP contribution in [-0.4, -0.2) is 43.0 Å².